The summed E-state index contributed by atoms with van der Waals surface area (Å²) in [6, 6.07) is -0.436. The van der Waals surface area contributed by atoms with Crippen LogP contribution in [0.2, 0.25) is 0 Å². The predicted molar refractivity (Wildman–Crippen MR) is 70.3 cm³/mol. The van der Waals surface area contributed by atoms with Crippen molar-refractivity contribution in [1.82, 2.24) is 10.3 Å². The Morgan fingerprint density at radius 3 is 2.72 bits per heavy atom. The van der Waals surface area contributed by atoms with Crippen LogP contribution in [0.5, 0.6) is 0 Å². The average molecular weight is 267 g/mol. The van der Waals surface area contributed by atoms with Crippen molar-refractivity contribution in [3.63, 3.8) is 0 Å². The Bertz CT molecular complexity index is 413. The standard InChI is InChI=1S/C12H17N3O2S/c1-8(16)14-10(9-4-2-3-5-9)11(17)15-12-13-6-7-18-12/h6-7,9-10H,2-5H2,1H3,(H,14,16)(H,13,15,17)/t10-/m1/s1. The molecular formula is C12H17N3O2S. The monoisotopic (exact) mass is 267 g/mol. The highest BCUT2D eigenvalue weighted by Gasteiger charge is 2.31. The molecule has 1 fully saturated rings. The number of amides is 2. The summed E-state index contributed by atoms with van der Waals surface area (Å²) >= 11 is 1.37. The number of carbonyl (C=O) groups excluding carboxylic acids is 2. The zero-order chi connectivity index (χ0) is 13.0. The van der Waals surface area contributed by atoms with Gasteiger partial charge in [0, 0.05) is 18.5 Å². The summed E-state index contributed by atoms with van der Waals surface area (Å²) in [4.78, 5) is 27.4. The number of nitrogens with zero attached hydrogens (tertiary/aromatic N) is 1. The number of carbonyl (C=O) groups is 2. The molecule has 0 aliphatic heterocycles. The molecule has 1 atom stereocenters. The summed E-state index contributed by atoms with van der Waals surface area (Å²) in [7, 11) is 0. The van der Waals surface area contributed by atoms with Crippen LogP contribution >= 0.6 is 11.3 Å². The lowest BCUT2D eigenvalue weighted by atomic mass is 9.97. The van der Waals surface area contributed by atoms with E-state index in [2.05, 4.69) is 15.6 Å². The molecule has 0 unspecified atom stereocenters. The molecule has 1 aromatic rings. The first-order valence-corrected chi connectivity index (χ1v) is 7.02. The maximum absolute atomic E-state index is 12.2. The van der Waals surface area contributed by atoms with Gasteiger partial charge in [0.05, 0.1) is 0 Å². The second kappa shape index (κ2) is 5.95. The van der Waals surface area contributed by atoms with Crippen LogP contribution < -0.4 is 10.6 Å². The minimum Gasteiger partial charge on any atom is -0.344 e. The maximum atomic E-state index is 12.2. The maximum Gasteiger partial charge on any atom is 0.249 e. The van der Waals surface area contributed by atoms with Crippen molar-refractivity contribution < 1.29 is 9.59 Å². The second-order valence-corrected chi connectivity index (χ2v) is 5.44. The van der Waals surface area contributed by atoms with Crippen LogP contribution in [0, 0.1) is 5.92 Å². The van der Waals surface area contributed by atoms with Gasteiger partial charge in [-0.15, -0.1) is 11.3 Å². The summed E-state index contributed by atoms with van der Waals surface area (Å²) in [5.74, 6) is -0.0814. The molecule has 0 aromatic carbocycles. The van der Waals surface area contributed by atoms with Gasteiger partial charge in [0.15, 0.2) is 5.13 Å². The first-order valence-electron chi connectivity index (χ1n) is 6.14. The van der Waals surface area contributed by atoms with E-state index in [9.17, 15) is 9.59 Å². The van der Waals surface area contributed by atoms with E-state index in [-0.39, 0.29) is 17.7 Å². The number of hydrogen-bond donors (Lipinski definition) is 2. The molecule has 2 rings (SSSR count). The molecule has 18 heavy (non-hydrogen) atoms. The van der Waals surface area contributed by atoms with Crippen molar-refractivity contribution in [3.8, 4) is 0 Å². The zero-order valence-corrected chi connectivity index (χ0v) is 11.1. The van der Waals surface area contributed by atoms with Crippen LogP contribution in [-0.4, -0.2) is 22.8 Å². The van der Waals surface area contributed by atoms with Crippen molar-refractivity contribution in [2.45, 2.75) is 38.6 Å². The van der Waals surface area contributed by atoms with Crippen LogP contribution in [0.25, 0.3) is 0 Å². The Labute approximate surface area is 110 Å². The highest BCUT2D eigenvalue weighted by molar-refractivity contribution is 7.13. The van der Waals surface area contributed by atoms with E-state index < -0.39 is 6.04 Å². The summed E-state index contributed by atoms with van der Waals surface area (Å²) in [6.45, 7) is 1.44. The topological polar surface area (TPSA) is 71.1 Å². The van der Waals surface area contributed by atoms with Gasteiger partial charge in [-0.05, 0) is 18.8 Å². The first-order chi connectivity index (χ1) is 8.66. The Morgan fingerprint density at radius 2 is 2.17 bits per heavy atom. The van der Waals surface area contributed by atoms with Crippen LogP contribution in [0.4, 0.5) is 5.13 Å². The van der Waals surface area contributed by atoms with Crippen LogP contribution in [0.1, 0.15) is 32.6 Å². The number of anilines is 1. The first kappa shape index (κ1) is 13.0. The number of nitrogens with one attached hydrogen (secondary N) is 2. The summed E-state index contributed by atoms with van der Waals surface area (Å²) in [6.07, 6.45) is 5.90. The minimum atomic E-state index is -0.436. The van der Waals surface area contributed by atoms with E-state index in [4.69, 9.17) is 0 Å². The smallest absolute Gasteiger partial charge is 0.249 e. The van der Waals surface area contributed by atoms with Gasteiger partial charge >= 0.3 is 0 Å². The van der Waals surface area contributed by atoms with E-state index in [1.165, 1.54) is 18.3 Å². The van der Waals surface area contributed by atoms with E-state index >= 15 is 0 Å². The highest BCUT2D eigenvalue weighted by atomic mass is 32.1. The molecule has 1 heterocycles. The predicted octanol–water partition coefficient (Wildman–Crippen LogP) is 1.78. The number of thiazole rings is 1. The number of aromatic nitrogens is 1. The molecule has 1 aliphatic carbocycles. The van der Waals surface area contributed by atoms with Gasteiger partial charge in [0.2, 0.25) is 11.8 Å². The van der Waals surface area contributed by atoms with Gasteiger partial charge in [-0.2, -0.15) is 0 Å². The molecule has 1 aliphatic rings. The normalized spacial score (nSPS) is 17.4. The third-order valence-electron chi connectivity index (χ3n) is 3.17. The van der Waals surface area contributed by atoms with E-state index in [1.807, 2.05) is 0 Å². The Morgan fingerprint density at radius 1 is 1.44 bits per heavy atom. The molecule has 0 bridgehead atoms. The minimum absolute atomic E-state index is 0.160. The van der Waals surface area contributed by atoms with Crippen molar-refractivity contribution in [2.75, 3.05) is 5.32 Å². The molecule has 0 radical (unpaired) electrons. The molecule has 0 spiro atoms. The highest BCUT2D eigenvalue weighted by Crippen LogP contribution is 2.28. The molecule has 0 saturated heterocycles. The third kappa shape index (κ3) is 3.29. The SMILES string of the molecule is CC(=O)N[C@@H](C(=O)Nc1nccs1)C1CCCC1. The fourth-order valence-corrected chi connectivity index (χ4v) is 2.91. The zero-order valence-electron chi connectivity index (χ0n) is 10.3. The van der Waals surface area contributed by atoms with E-state index in [0.717, 1.165) is 25.7 Å². The fraction of sp³-hybridized carbons (Fsp3) is 0.583. The molecule has 6 heteroatoms. The lowest BCUT2D eigenvalue weighted by Crippen LogP contribution is -2.47. The molecule has 98 valence electrons. The van der Waals surface area contributed by atoms with Crippen LogP contribution in [0.15, 0.2) is 11.6 Å². The Kier molecular flexibility index (Phi) is 4.30. The van der Waals surface area contributed by atoms with E-state index in [0.29, 0.717) is 5.13 Å². The van der Waals surface area contributed by atoms with Gasteiger partial charge in [0.25, 0.3) is 0 Å². The number of hydrogen-bond acceptors (Lipinski definition) is 4. The molecule has 1 saturated carbocycles. The van der Waals surface area contributed by atoms with Gasteiger partial charge in [0.1, 0.15) is 6.04 Å². The fourth-order valence-electron chi connectivity index (χ4n) is 2.38. The lowest BCUT2D eigenvalue weighted by Gasteiger charge is -2.22. The molecule has 2 N–H and O–H groups in total. The van der Waals surface area contributed by atoms with Crippen molar-refractivity contribution in [3.05, 3.63) is 11.6 Å². The van der Waals surface area contributed by atoms with Gasteiger partial charge in [-0.3, -0.25) is 9.59 Å². The van der Waals surface area contributed by atoms with Crippen molar-refractivity contribution in [1.29, 1.82) is 0 Å². The third-order valence-corrected chi connectivity index (χ3v) is 3.86. The van der Waals surface area contributed by atoms with E-state index in [1.54, 1.807) is 11.6 Å². The Balaban J connectivity index is 2.02. The Hall–Kier alpha value is -1.43. The molecule has 5 nitrogen and oxygen atoms in total. The number of rotatable bonds is 4. The summed E-state index contributed by atoms with van der Waals surface area (Å²) in [5, 5.41) is 7.90. The van der Waals surface area contributed by atoms with Crippen molar-refractivity contribution >= 4 is 28.3 Å². The van der Waals surface area contributed by atoms with Crippen molar-refractivity contribution in [2.24, 2.45) is 5.92 Å². The lowest BCUT2D eigenvalue weighted by molar-refractivity contribution is -0.126. The quantitative estimate of drug-likeness (QED) is 0.873. The summed E-state index contributed by atoms with van der Waals surface area (Å²) < 4.78 is 0. The van der Waals surface area contributed by atoms with Gasteiger partial charge in [-0.1, -0.05) is 12.8 Å². The van der Waals surface area contributed by atoms with Gasteiger partial charge < -0.3 is 10.6 Å². The van der Waals surface area contributed by atoms with Gasteiger partial charge in [-0.25, -0.2) is 4.98 Å². The average Bonchev–Trinajstić information content (AvgIpc) is 2.97. The van der Waals surface area contributed by atoms with Crippen LogP contribution in [-0.2, 0) is 9.59 Å². The summed E-state index contributed by atoms with van der Waals surface area (Å²) in [5.41, 5.74) is 0. The molecule has 2 amide bonds. The second-order valence-electron chi connectivity index (χ2n) is 4.55. The van der Waals surface area contributed by atoms with Crippen LogP contribution in [0.3, 0.4) is 0 Å². The molecule has 1 aromatic heterocycles. The largest absolute Gasteiger partial charge is 0.344 e. The molecular weight excluding hydrogens is 250 g/mol.